The smallest absolute Gasteiger partial charge is 0.191 e. The molecule has 0 bridgehead atoms. The number of rotatable bonds is 4. The molecule has 1 atom stereocenters. The molecule has 162 valence electrons. The van der Waals surface area contributed by atoms with Crippen LogP contribution in [-0.2, 0) is 0 Å². The summed E-state index contributed by atoms with van der Waals surface area (Å²) in [6, 6.07) is 8.77. The lowest BCUT2D eigenvalue weighted by Crippen LogP contribution is -2.47. The van der Waals surface area contributed by atoms with Crippen molar-refractivity contribution in [2.45, 2.75) is 63.0 Å². The van der Waals surface area contributed by atoms with Gasteiger partial charge in [-0.1, -0.05) is 18.2 Å². The van der Waals surface area contributed by atoms with Crippen LogP contribution in [0.5, 0.6) is 5.75 Å². The molecule has 2 heterocycles. The summed E-state index contributed by atoms with van der Waals surface area (Å²) in [4.78, 5) is 6.95. The van der Waals surface area contributed by atoms with Crippen molar-refractivity contribution in [2.24, 2.45) is 10.9 Å². The Morgan fingerprint density at radius 1 is 1.21 bits per heavy atom. The number of aliphatic imine (C=N–C) groups is 1. The quantitative estimate of drug-likeness (QED) is 0.358. The van der Waals surface area contributed by atoms with Gasteiger partial charge in [-0.25, -0.2) is 0 Å². The van der Waals surface area contributed by atoms with Crippen LogP contribution in [-0.4, -0.2) is 50.2 Å². The maximum Gasteiger partial charge on any atom is 0.191 e. The summed E-state index contributed by atoms with van der Waals surface area (Å²) in [5.74, 6) is 2.81. The number of para-hydroxylation sites is 1. The summed E-state index contributed by atoms with van der Waals surface area (Å²) in [6.45, 7) is 3.46. The molecule has 4 rings (SSSR count). The number of hydrogen-bond donors (Lipinski definition) is 2. The van der Waals surface area contributed by atoms with E-state index in [1.165, 1.54) is 63.6 Å². The highest BCUT2D eigenvalue weighted by atomic mass is 127. The van der Waals surface area contributed by atoms with Crippen molar-refractivity contribution in [2.75, 3.05) is 33.7 Å². The highest BCUT2D eigenvalue weighted by molar-refractivity contribution is 14.0. The van der Waals surface area contributed by atoms with E-state index >= 15 is 0 Å². The zero-order valence-corrected chi connectivity index (χ0v) is 20.3. The van der Waals surface area contributed by atoms with E-state index in [-0.39, 0.29) is 35.6 Å². The molecule has 2 N–H and O–H groups in total. The summed E-state index contributed by atoms with van der Waals surface area (Å²) < 4.78 is 6.49. The standard InChI is InChI=1S/C23H36N4O.HI/c1-24-22(25-14-9-18-10-15-27(2)16-11-18)26-20-17-23(12-5-6-13-23)28-21-8-4-3-7-19(20)21;/h3-4,7-8,18,20H,5-6,9-17H2,1-2H3,(H2,24,25,26);1H. The topological polar surface area (TPSA) is 48.9 Å². The molecular formula is C23H37IN4O. The molecule has 1 unspecified atom stereocenters. The third kappa shape index (κ3) is 5.57. The SMILES string of the molecule is CN=C(NCCC1CCN(C)CC1)NC1CC2(CCCC2)Oc2ccccc21.I. The highest BCUT2D eigenvalue weighted by Gasteiger charge is 2.43. The van der Waals surface area contributed by atoms with Gasteiger partial charge in [0.2, 0.25) is 0 Å². The third-order valence-electron chi connectivity index (χ3n) is 6.93. The Balaban J connectivity index is 0.00000240. The molecule has 1 aromatic carbocycles. The first-order valence-electron chi connectivity index (χ1n) is 11.1. The van der Waals surface area contributed by atoms with Gasteiger partial charge in [0.15, 0.2) is 5.96 Å². The van der Waals surface area contributed by atoms with E-state index in [2.05, 4.69) is 51.8 Å². The van der Waals surface area contributed by atoms with Crippen LogP contribution < -0.4 is 15.4 Å². The van der Waals surface area contributed by atoms with Crippen LogP contribution in [0.15, 0.2) is 29.3 Å². The number of fused-ring (bicyclic) bond motifs is 1. The number of hydrogen-bond acceptors (Lipinski definition) is 3. The van der Waals surface area contributed by atoms with Gasteiger partial charge in [0.05, 0.1) is 6.04 Å². The summed E-state index contributed by atoms with van der Waals surface area (Å²) in [5.41, 5.74) is 1.28. The lowest BCUT2D eigenvalue weighted by atomic mass is 9.86. The zero-order valence-electron chi connectivity index (χ0n) is 18.0. The lowest BCUT2D eigenvalue weighted by molar-refractivity contribution is 0.0396. The van der Waals surface area contributed by atoms with Crippen LogP contribution in [0.1, 0.15) is 63.0 Å². The first kappa shape index (κ1) is 22.7. The molecule has 0 aromatic heterocycles. The Kier molecular flexibility index (Phi) is 8.07. The molecule has 2 fully saturated rings. The number of halogens is 1. The fourth-order valence-electron chi connectivity index (χ4n) is 5.18. The number of piperidine rings is 1. The van der Waals surface area contributed by atoms with Gasteiger partial charge in [0, 0.05) is 25.6 Å². The van der Waals surface area contributed by atoms with Crippen LogP contribution >= 0.6 is 24.0 Å². The normalized spacial score (nSPS) is 24.5. The second kappa shape index (κ2) is 10.3. The molecule has 3 aliphatic rings. The molecule has 0 amide bonds. The summed E-state index contributed by atoms with van der Waals surface area (Å²) >= 11 is 0. The molecule has 6 heteroatoms. The van der Waals surface area contributed by atoms with E-state index in [0.717, 1.165) is 30.6 Å². The van der Waals surface area contributed by atoms with Gasteiger partial charge < -0.3 is 20.3 Å². The molecule has 29 heavy (non-hydrogen) atoms. The van der Waals surface area contributed by atoms with Gasteiger partial charge in [0.25, 0.3) is 0 Å². The lowest BCUT2D eigenvalue weighted by Gasteiger charge is -2.40. The third-order valence-corrected chi connectivity index (χ3v) is 6.93. The van der Waals surface area contributed by atoms with Crippen LogP contribution in [0, 0.1) is 5.92 Å². The van der Waals surface area contributed by atoms with E-state index in [0.29, 0.717) is 0 Å². The molecule has 2 aliphatic heterocycles. The van der Waals surface area contributed by atoms with Crippen molar-refractivity contribution in [1.29, 1.82) is 0 Å². The second-order valence-corrected chi connectivity index (χ2v) is 8.97. The Morgan fingerprint density at radius 2 is 1.93 bits per heavy atom. The molecular weight excluding hydrogens is 475 g/mol. The van der Waals surface area contributed by atoms with Gasteiger partial charge in [0.1, 0.15) is 11.4 Å². The number of guanidine groups is 1. The molecule has 1 aliphatic carbocycles. The minimum absolute atomic E-state index is 0. The Labute approximate surface area is 193 Å². The summed E-state index contributed by atoms with van der Waals surface area (Å²) in [5, 5.41) is 7.28. The van der Waals surface area contributed by atoms with Crippen LogP contribution in [0.2, 0.25) is 0 Å². The minimum Gasteiger partial charge on any atom is -0.487 e. The van der Waals surface area contributed by atoms with Gasteiger partial charge in [-0.15, -0.1) is 24.0 Å². The molecule has 1 saturated carbocycles. The first-order valence-corrected chi connectivity index (χ1v) is 11.1. The van der Waals surface area contributed by atoms with Gasteiger partial charge >= 0.3 is 0 Å². The molecule has 1 spiro atoms. The molecule has 1 saturated heterocycles. The number of benzene rings is 1. The first-order chi connectivity index (χ1) is 13.7. The molecule has 5 nitrogen and oxygen atoms in total. The molecule has 0 radical (unpaired) electrons. The van der Waals surface area contributed by atoms with Gasteiger partial charge in [-0.2, -0.15) is 0 Å². The average molecular weight is 512 g/mol. The highest BCUT2D eigenvalue weighted by Crippen LogP contribution is 2.46. The Bertz CT molecular complexity index is 681. The van der Waals surface area contributed by atoms with Crippen molar-refractivity contribution >= 4 is 29.9 Å². The van der Waals surface area contributed by atoms with Crippen LogP contribution in [0.3, 0.4) is 0 Å². The minimum atomic E-state index is 0. The maximum atomic E-state index is 6.49. The van der Waals surface area contributed by atoms with Crippen molar-refractivity contribution in [1.82, 2.24) is 15.5 Å². The maximum absolute atomic E-state index is 6.49. The fraction of sp³-hybridized carbons (Fsp3) is 0.696. The van der Waals surface area contributed by atoms with Crippen molar-refractivity contribution in [3.05, 3.63) is 29.8 Å². The zero-order chi connectivity index (χ0) is 19.4. The van der Waals surface area contributed by atoms with Gasteiger partial charge in [-0.3, -0.25) is 4.99 Å². The van der Waals surface area contributed by atoms with E-state index < -0.39 is 0 Å². The van der Waals surface area contributed by atoms with Gasteiger partial charge in [-0.05, 0) is 77.1 Å². The predicted molar refractivity (Wildman–Crippen MR) is 130 cm³/mol. The van der Waals surface area contributed by atoms with E-state index in [4.69, 9.17) is 4.74 Å². The van der Waals surface area contributed by atoms with E-state index in [9.17, 15) is 0 Å². The monoisotopic (exact) mass is 512 g/mol. The number of nitrogens with zero attached hydrogens (tertiary/aromatic N) is 2. The average Bonchev–Trinajstić information content (AvgIpc) is 3.16. The second-order valence-electron chi connectivity index (χ2n) is 8.97. The molecule has 1 aromatic rings. The largest absolute Gasteiger partial charge is 0.487 e. The van der Waals surface area contributed by atoms with Crippen molar-refractivity contribution < 1.29 is 4.74 Å². The van der Waals surface area contributed by atoms with E-state index in [1.807, 2.05) is 7.05 Å². The number of likely N-dealkylation sites (tertiary alicyclic amines) is 1. The van der Waals surface area contributed by atoms with Crippen LogP contribution in [0.4, 0.5) is 0 Å². The van der Waals surface area contributed by atoms with Crippen LogP contribution in [0.25, 0.3) is 0 Å². The number of ether oxygens (including phenoxy) is 1. The fourth-order valence-corrected chi connectivity index (χ4v) is 5.18. The summed E-state index contributed by atoms with van der Waals surface area (Å²) in [7, 11) is 4.10. The Hall–Kier alpha value is -1.02. The van der Waals surface area contributed by atoms with Crippen molar-refractivity contribution in [3.8, 4) is 5.75 Å². The van der Waals surface area contributed by atoms with E-state index in [1.54, 1.807) is 0 Å². The van der Waals surface area contributed by atoms with Crippen molar-refractivity contribution in [3.63, 3.8) is 0 Å². The predicted octanol–water partition coefficient (Wildman–Crippen LogP) is 4.34. The number of nitrogens with one attached hydrogen (secondary N) is 2. The summed E-state index contributed by atoms with van der Waals surface area (Å²) in [6.07, 6.45) is 9.78. The Morgan fingerprint density at radius 3 is 2.66 bits per heavy atom.